The van der Waals surface area contributed by atoms with Crippen molar-refractivity contribution in [2.24, 2.45) is 11.8 Å². The van der Waals surface area contributed by atoms with Gasteiger partial charge in [0, 0.05) is 24.6 Å². The molecule has 38 heavy (non-hydrogen) atoms. The van der Waals surface area contributed by atoms with E-state index in [0.29, 0.717) is 18.4 Å². The number of carbonyl (C=O) groups is 4. The molecule has 1 aliphatic heterocycles. The van der Waals surface area contributed by atoms with Crippen molar-refractivity contribution in [3.05, 3.63) is 58.6 Å². The molecule has 0 saturated carbocycles. The third-order valence-corrected chi connectivity index (χ3v) is 6.33. The van der Waals surface area contributed by atoms with Gasteiger partial charge in [0.25, 0.3) is 0 Å². The van der Waals surface area contributed by atoms with Crippen LogP contribution in [0, 0.1) is 11.8 Å². The van der Waals surface area contributed by atoms with Crippen LogP contribution in [0.15, 0.2) is 47.4 Å². The second-order valence-corrected chi connectivity index (χ2v) is 8.75. The minimum Gasteiger partial charge on any atom is -0.463 e. The van der Waals surface area contributed by atoms with Crippen LogP contribution in [-0.4, -0.2) is 53.1 Å². The Morgan fingerprint density at radius 1 is 1.13 bits per heavy atom. The zero-order valence-electron chi connectivity index (χ0n) is 21.5. The minimum atomic E-state index is -0.986. The summed E-state index contributed by atoms with van der Waals surface area (Å²) < 4.78 is 17.1. The molecule has 0 amide bonds. The van der Waals surface area contributed by atoms with Crippen LogP contribution in [0.25, 0.3) is 0 Å². The van der Waals surface area contributed by atoms with Gasteiger partial charge in [0.2, 0.25) is 5.78 Å². The maximum absolute atomic E-state index is 12.7. The molecule has 2 heterocycles. The number of rotatable bonds is 12. The summed E-state index contributed by atoms with van der Waals surface area (Å²) in [4.78, 5) is 69.9. The van der Waals surface area contributed by atoms with Crippen LogP contribution in [-0.2, 0) is 33.4 Å². The summed E-state index contributed by atoms with van der Waals surface area (Å²) in [6.07, 6.45) is 1.06. The summed E-state index contributed by atoms with van der Waals surface area (Å²) in [5.41, 5.74) is 1.96. The number of hydrogen-bond acceptors (Lipinski definition) is 11. The fourth-order valence-corrected chi connectivity index (χ4v) is 4.11. The van der Waals surface area contributed by atoms with Gasteiger partial charge >= 0.3 is 23.6 Å². The number of hydrogen-bond donors (Lipinski definition) is 1. The highest BCUT2D eigenvalue weighted by Gasteiger charge is 2.40. The van der Waals surface area contributed by atoms with Crippen molar-refractivity contribution in [3.63, 3.8) is 0 Å². The van der Waals surface area contributed by atoms with Crippen molar-refractivity contribution in [1.29, 1.82) is 0 Å². The second kappa shape index (κ2) is 13.5. The first-order valence-electron chi connectivity index (χ1n) is 12.3. The number of carbonyl (C=O) groups excluding carboxylic acids is 4. The fraction of sp³-hybridized carbons (Fsp3) is 0.462. The van der Waals surface area contributed by atoms with E-state index in [1.165, 1.54) is 16.8 Å². The number of ether oxygens (including phenoxy) is 3. The summed E-state index contributed by atoms with van der Waals surface area (Å²) in [6.45, 7) is 3.63. The maximum Gasteiger partial charge on any atom is 0.374 e. The summed E-state index contributed by atoms with van der Waals surface area (Å²) in [7, 11) is 1.11. The predicted octanol–water partition coefficient (Wildman–Crippen LogP) is 2.44. The first-order chi connectivity index (χ1) is 18.3. The molecule has 3 atom stereocenters. The van der Waals surface area contributed by atoms with Crippen LogP contribution in [0.4, 0.5) is 5.82 Å². The van der Waals surface area contributed by atoms with Gasteiger partial charge in [-0.1, -0.05) is 32.0 Å². The van der Waals surface area contributed by atoms with Crippen molar-refractivity contribution in [3.8, 4) is 0 Å². The van der Waals surface area contributed by atoms with Crippen LogP contribution in [0.2, 0.25) is 0 Å². The number of ketones is 1. The molecule has 2 aromatic rings. The lowest BCUT2D eigenvalue weighted by Crippen LogP contribution is -2.30. The third kappa shape index (κ3) is 7.25. The molecule has 1 fully saturated rings. The van der Waals surface area contributed by atoms with E-state index in [1.807, 2.05) is 13.8 Å². The molecule has 12 nitrogen and oxygen atoms in total. The zero-order valence-corrected chi connectivity index (χ0v) is 21.5. The molecule has 1 aromatic heterocycles. The Balaban J connectivity index is 1.69. The number of methoxy groups -OCH3 is 1. The average Bonchev–Trinajstić information content (AvgIpc) is 3.33. The highest BCUT2D eigenvalue weighted by atomic mass is 16.7. The number of benzene rings is 1. The van der Waals surface area contributed by atoms with E-state index in [1.54, 1.807) is 30.3 Å². The van der Waals surface area contributed by atoms with Crippen LogP contribution in [0.5, 0.6) is 0 Å². The molecule has 0 bridgehead atoms. The predicted molar refractivity (Wildman–Crippen MR) is 133 cm³/mol. The molecule has 1 saturated heterocycles. The molecule has 204 valence electrons. The molecular formula is C26H31N3O9. The van der Waals surface area contributed by atoms with Gasteiger partial charge in [-0.05, 0) is 31.4 Å². The van der Waals surface area contributed by atoms with Crippen molar-refractivity contribution in [2.75, 3.05) is 19.2 Å². The van der Waals surface area contributed by atoms with Gasteiger partial charge in [-0.15, -0.1) is 0 Å². The van der Waals surface area contributed by atoms with Gasteiger partial charge in [-0.25, -0.2) is 14.4 Å². The Morgan fingerprint density at radius 2 is 1.84 bits per heavy atom. The molecule has 1 aromatic carbocycles. The van der Waals surface area contributed by atoms with Crippen molar-refractivity contribution in [2.45, 2.75) is 51.9 Å². The van der Waals surface area contributed by atoms with E-state index in [0.717, 1.165) is 7.11 Å². The van der Waals surface area contributed by atoms with Gasteiger partial charge in [0.05, 0.1) is 24.7 Å². The van der Waals surface area contributed by atoms with Crippen LogP contribution < -0.4 is 11.2 Å². The second-order valence-electron chi connectivity index (χ2n) is 8.75. The number of nitrogens with one attached hydrogen (secondary N) is 1. The van der Waals surface area contributed by atoms with Gasteiger partial charge in [0.15, 0.2) is 5.82 Å². The molecular weight excluding hydrogens is 498 g/mol. The van der Waals surface area contributed by atoms with E-state index in [9.17, 15) is 24.0 Å². The van der Waals surface area contributed by atoms with Crippen LogP contribution in [0.1, 0.15) is 56.1 Å². The van der Waals surface area contributed by atoms with E-state index >= 15 is 0 Å². The Kier molecular flexibility index (Phi) is 10.1. The molecule has 1 aliphatic rings. The highest BCUT2D eigenvalue weighted by molar-refractivity contribution is 6.33. The largest absolute Gasteiger partial charge is 0.463 e. The molecule has 0 unspecified atom stereocenters. The molecule has 1 N–H and O–H groups in total. The topological polar surface area (TPSA) is 152 Å². The zero-order chi connectivity index (χ0) is 27.7. The Bertz CT molecular complexity index is 1190. The van der Waals surface area contributed by atoms with E-state index in [-0.39, 0.29) is 37.2 Å². The van der Waals surface area contributed by atoms with Crippen molar-refractivity contribution < 1.29 is 38.2 Å². The minimum absolute atomic E-state index is 0.00148. The molecule has 3 rings (SSSR count). The molecule has 0 spiro atoms. The first-order valence-corrected chi connectivity index (χ1v) is 12.3. The van der Waals surface area contributed by atoms with E-state index < -0.39 is 41.7 Å². The smallest absolute Gasteiger partial charge is 0.374 e. The summed E-state index contributed by atoms with van der Waals surface area (Å²) >= 11 is 0. The Morgan fingerprint density at radius 3 is 2.47 bits per heavy atom. The van der Waals surface area contributed by atoms with E-state index in [4.69, 9.17) is 14.3 Å². The highest BCUT2D eigenvalue weighted by Crippen LogP contribution is 2.35. The van der Waals surface area contributed by atoms with Crippen molar-refractivity contribution in [1.82, 2.24) is 9.55 Å². The summed E-state index contributed by atoms with van der Waals surface area (Å²) in [6, 6.07) is 9.69. The monoisotopic (exact) mass is 529 g/mol. The van der Waals surface area contributed by atoms with Crippen LogP contribution >= 0.6 is 0 Å². The average molecular weight is 530 g/mol. The standard InChI is InChI=1S/C26H31N3O9/c1-4-16(5-2)23(31)36-15-20-18(13-19(30)25(33)35-3)14-22(37-20)29-12-11-21(27-26(29)34)28-38-24(32)17-9-7-6-8-10-17/h6-12,16,18,20,22H,4-5,13-15H2,1-3H3,(H,27,28,34)/t18-,20+,22+/m0/s1. The summed E-state index contributed by atoms with van der Waals surface area (Å²) in [5.74, 6) is -3.53. The van der Waals surface area contributed by atoms with Gasteiger partial charge in [-0.2, -0.15) is 10.5 Å². The number of nitrogens with zero attached hydrogens (tertiary/aromatic N) is 2. The van der Waals surface area contributed by atoms with E-state index in [2.05, 4.69) is 15.2 Å². The maximum atomic E-state index is 12.7. The number of Topliss-reactive ketones (excluding diaryl/α,β-unsaturated/α-hetero) is 1. The summed E-state index contributed by atoms with van der Waals surface area (Å²) in [5, 5.41) is 0. The van der Waals surface area contributed by atoms with Gasteiger partial charge < -0.3 is 19.0 Å². The Hall–Kier alpha value is -4.06. The number of esters is 2. The van der Waals surface area contributed by atoms with Crippen molar-refractivity contribution >= 4 is 29.5 Å². The quantitative estimate of drug-likeness (QED) is 0.187. The third-order valence-electron chi connectivity index (χ3n) is 6.33. The van der Waals surface area contributed by atoms with Gasteiger partial charge in [-0.3, -0.25) is 14.2 Å². The number of aromatic nitrogens is 2. The lowest BCUT2D eigenvalue weighted by molar-refractivity contribution is -0.155. The normalized spacial score (nSPS) is 18.6. The SMILES string of the molecule is CCC(CC)C(=O)OC[C@H]1O[C@@H](n2ccc(NOC(=O)c3ccccc3)nc2=O)C[C@@H]1CC(=O)C(=O)OC. The lowest BCUT2D eigenvalue weighted by Gasteiger charge is -2.19. The van der Waals surface area contributed by atoms with Crippen LogP contribution in [0.3, 0.4) is 0 Å². The molecule has 0 radical (unpaired) electrons. The first kappa shape index (κ1) is 28.5. The fourth-order valence-electron chi connectivity index (χ4n) is 4.11. The Labute approximate surface area is 219 Å². The van der Waals surface area contributed by atoms with Gasteiger partial charge in [0.1, 0.15) is 12.8 Å². The number of anilines is 1. The molecule has 0 aliphatic carbocycles. The lowest BCUT2D eigenvalue weighted by atomic mass is 9.94. The molecule has 12 heteroatoms.